The second-order valence-electron chi connectivity index (χ2n) is 6.09. The Morgan fingerprint density at radius 2 is 2.00 bits per heavy atom. The van der Waals surface area contributed by atoms with Crippen molar-refractivity contribution in [3.63, 3.8) is 0 Å². The Balaban J connectivity index is 1.97. The van der Waals surface area contributed by atoms with Crippen LogP contribution < -0.4 is 4.90 Å². The average Bonchev–Trinajstić information content (AvgIpc) is 2.68. The van der Waals surface area contributed by atoms with Gasteiger partial charge in [0.2, 0.25) is 0 Å². The van der Waals surface area contributed by atoms with Gasteiger partial charge in [0.15, 0.2) is 5.78 Å². The lowest BCUT2D eigenvalue weighted by molar-refractivity contribution is -0.384. The molecule has 0 bridgehead atoms. The van der Waals surface area contributed by atoms with E-state index in [-0.39, 0.29) is 29.7 Å². The summed E-state index contributed by atoms with van der Waals surface area (Å²) in [5.41, 5.74) is 1.09. The Hall–Kier alpha value is -2.77. The van der Waals surface area contributed by atoms with Crippen LogP contribution in [0.4, 0.5) is 11.4 Å². The van der Waals surface area contributed by atoms with Crippen molar-refractivity contribution in [1.82, 2.24) is 0 Å². The molecular weight excluding hydrogens is 336 g/mol. The molecule has 0 spiro atoms. The number of hydrogen-bond acceptors (Lipinski definition) is 6. The number of aliphatic hydroxyl groups excluding tert-OH is 1. The quantitative estimate of drug-likeness (QED) is 0.485. The fourth-order valence-corrected chi connectivity index (χ4v) is 3.17. The second kappa shape index (κ2) is 8.07. The summed E-state index contributed by atoms with van der Waals surface area (Å²) in [7, 11) is 0. The lowest BCUT2D eigenvalue weighted by Gasteiger charge is -2.36. The summed E-state index contributed by atoms with van der Waals surface area (Å²) in [4.78, 5) is 25.6. The van der Waals surface area contributed by atoms with Crippen LogP contribution in [0, 0.1) is 10.1 Å². The smallest absolute Gasteiger partial charge is 0.293 e. The Morgan fingerprint density at radius 3 is 2.69 bits per heavy atom. The molecule has 136 valence electrons. The molecule has 1 aliphatic heterocycles. The molecule has 1 atom stereocenters. The van der Waals surface area contributed by atoms with Gasteiger partial charge in [-0.2, -0.15) is 0 Å². The van der Waals surface area contributed by atoms with Gasteiger partial charge in [0, 0.05) is 30.3 Å². The summed E-state index contributed by atoms with van der Waals surface area (Å²) >= 11 is 0. The molecule has 7 nitrogen and oxygen atoms in total. The topological polar surface area (TPSA) is 92.9 Å². The van der Waals surface area contributed by atoms with Crippen LogP contribution in [0.2, 0.25) is 0 Å². The first-order valence-electron chi connectivity index (χ1n) is 8.45. The Morgan fingerprint density at radius 1 is 1.23 bits per heavy atom. The summed E-state index contributed by atoms with van der Waals surface area (Å²) in [5.74, 6) is -0.255. The zero-order valence-corrected chi connectivity index (χ0v) is 14.2. The number of aliphatic hydroxyl groups is 1. The maximum Gasteiger partial charge on any atom is 0.293 e. The molecule has 0 amide bonds. The summed E-state index contributed by atoms with van der Waals surface area (Å²) in [6.07, 6.45) is 0.460. The van der Waals surface area contributed by atoms with Crippen molar-refractivity contribution in [2.75, 3.05) is 31.3 Å². The van der Waals surface area contributed by atoms with E-state index < -0.39 is 4.92 Å². The standard InChI is InChI=1S/C19H20N2O5/c22-10-8-16-13-26-11-9-20(16)17-7-6-15(12-18(17)21(24)25)19(23)14-4-2-1-3-5-14/h1-7,12,16,22H,8-11,13H2/t16-/m1/s1. The van der Waals surface area contributed by atoms with E-state index in [4.69, 9.17) is 4.74 Å². The molecule has 1 fully saturated rings. The molecule has 7 heteroatoms. The second-order valence-corrected chi connectivity index (χ2v) is 6.09. The van der Waals surface area contributed by atoms with Crippen molar-refractivity contribution in [3.8, 4) is 0 Å². The van der Waals surface area contributed by atoms with Gasteiger partial charge in [0.25, 0.3) is 5.69 Å². The molecule has 1 heterocycles. The van der Waals surface area contributed by atoms with Crippen LogP contribution in [0.25, 0.3) is 0 Å². The average molecular weight is 356 g/mol. The number of rotatable bonds is 6. The maximum absolute atomic E-state index is 12.6. The number of nitro benzene ring substituents is 1. The van der Waals surface area contributed by atoms with E-state index in [0.29, 0.717) is 37.4 Å². The molecule has 1 aliphatic rings. The van der Waals surface area contributed by atoms with Crippen molar-refractivity contribution < 1.29 is 19.6 Å². The molecule has 0 aromatic heterocycles. The van der Waals surface area contributed by atoms with E-state index >= 15 is 0 Å². The predicted molar refractivity (Wildman–Crippen MR) is 96.6 cm³/mol. The van der Waals surface area contributed by atoms with E-state index in [1.807, 2.05) is 11.0 Å². The number of ether oxygens (including phenoxy) is 1. The SMILES string of the molecule is O=C(c1ccccc1)c1ccc(N2CCOC[C@H]2CCO)c([N+](=O)[O-])c1. The van der Waals surface area contributed by atoms with E-state index in [2.05, 4.69) is 0 Å². The van der Waals surface area contributed by atoms with Gasteiger partial charge >= 0.3 is 0 Å². The van der Waals surface area contributed by atoms with Crippen molar-refractivity contribution in [3.05, 3.63) is 69.8 Å². The molecule has 3 rings (SSSR count). The normalized spacial score (nSPS) is 17.1. The van der Waals surface area contributed by atoms with Crippen LogP contribution in [0.15, 0.2) is 48.5 Å². The third kappa shape index (κ3) is 3.74. The fourth-order valence-electron chi connectivity index (χ4n) is 3.17. The number of ketones is 1. The van der Waals surface area contributed by atoms with Crippen LogP contribution in [0.1, 0.15) is 22.3 Å². The summed E-state index contributed by atoms with van der Waals surface area (Å²) < 4.78 is 5.43. The van der Waals surface area contributed by atoms with Gasteiger partial charge < -0.3 is 14.7 Å². The molecule has 26 heavy (non-hydrogen) atoms. The number of benzene rings is 2. The third-order valence-electron chi connectivity index (χ3n) is 4.47. The zero-order valence-electron chi connectivity index (χ0n) is 14.2. The summed E-state index contributed by atoms with van der Waals surface area (Å²) in [6.45, 7) is 1.34. The highest BCUT2D eigenvalue weighted by molar-refractivity contribution is 6.09. The minimum absolute atomic E-state index is 0.0249. The molecule has 0 saturated carbocycles. The van der Waals surface area contributed by atoms with Crippen molar-refractivity contribution >= 4 is 17.2 Å². The highest BCUT2D eigenvalue weighted by Gasteiger charge is 2.29. The molecule has 2 aromatic carbocycles. The third-order valence-corrected chi connectivity index (χ3v) is 4.47. The molecule has 0 radical (unpaired) electrons. The molecule has 2 aromatic rings. The van der Waals surface area contributed by atoms with Gasteiger partial charge in [0.05, 0.1) is 24.2 Å². The first-order chi connectivity index (χ1) is 12.6. The van der Waals surface area contributed by atoms with Gasteiger partial charge in [-0.05, 0) is 18.6 Å². The zero-order chi connectivity index (χ0) is 18.5. The van der Waals surface area contributed by atoms with Crippen LogP contribution in [0.3, 0.4) is 0 Å². The highest BCUT2D eigenvalue weighted by Crippen LogP contribution is 2.33. The number of carbonyl (C=O) groups excluding carboxylic acids is 1. The van der Waals surface area contributed by atoms with E-state index in [9.17, 15) is 20.0 Å². The van der Waals surface area contributed by atoms with Gasteiger partial charge in [0.1, 0.15) is 5.69 Å². The minimum Gasteiger partial charge on any atom is -0.396 e. The Kier molecular flexibility index (Phi) is 5.60. The van der Waals surface area contributed by atoms with Crippen LogP contribution in [-0.4, -0.2) is 48.2 Å². The lowest BCUT2D eigenvalue weighted by atomic mass is 10.0. The first-order valence-corrected chi connectivity index (χ1v) is 8.45. The van der Waals surface area contributed by atoms with Gasteiger partial charge in [-0.15, -0.1) is 0 Å². The Bertz CT molecular complexity index is 792. The molecule has 0 aliphatic carbocycles. The van der Waals surface area contributed by atoms with Crippen LogP contribution in [0.5, 0.6) is 0 Å². The largest absolute Gasteiger partial charge is 0.396 e. The van der Waals surface area contributed by atoms with E-state index in [1.54, 1.807) is 36.4 Å². The lowest BCUT2D eigenvalue weighted by Crippen LogP contribution is -2.46. The van der Waals surface area contributed by atoms with E-state index in [1.165, 1.54) is 6.07 Å². The van der Waals surface area contributed by atoms with Gasteiger partial charge in [-0.3, -0.25) is 14.9 Å². The summed E-state index contributed by atoms with van der Waals surface area (Å²) in [6, 6.07) is 13.1. The van der Waals surface area contributed by atoms with E-state index in [0.717, 1.165) is 0 Å². The molecule has 1 saturated heterocycles. The predicted octanol–water partition coefficient (Wildman–Crippen LogP) is 2.41. The number of morpholine rings is 1. The summed E-state index contributed by atoms with van der Waals surface area (Å²) in [5, 5.41) is 20.9. The van der Waals surface area contributed by atoms with Gasteiger partial charge in [-0.1, -0.05) is 30.3 Å². The monoisotopic (exact) mass is 356 g/mol. The number of nitro groups is 1. The Labute approximate surface area is 151 Å². The number of anilines is 1. The highest BCUT2D eigenvalue weighted by atomic mass is 16.6. The van der Waals surface area contributed by atoms with Crippen molar-refractivity contribution in [2.24, 2.45) is 0 Å². The number of hydrogen-bond donors (Lipinski definition) is 1. The molecular formula is C19H20N2O5. The fraction of sp³-hybridized carbons (Fsp3) is 0.316. The van der Waals surface area contributed by atoms with Crippen LogP contribution >= 0.6 is 0 Å². The number of carbonyl (C=O) groups is 1. The van der Waals surface area contributed by atoms with Crippen LogP contribution in [-0.2, 0) is 4.74 Å². The first kappa shape index (κ1) is 18.0. The molecule has 0 unspecified atom stereocenters. The van der Waals surface area contributed by atoms with Crippen molar-refractivity contribution in [2.45, 2.75) is 12.5 Å². The molecule has 1 N–H and O–H groups in total. The van der Waals surface area contributed by atoms with Crippen molar-refractivity contribution in [1.29, 1.82) is 0 Å². The minimum atomic E-state index is -0.470. The maximum atomic E-state index is 12.6. The van der Waals surface area contributed by atoms with Gasteiger partial charge in [-0.25, -0.2) is 0 Å². The number of nitrogens with zero attached hydrogens (tertiary/aromatic N) is 2.